The average Bonchev–Trinajstić information content (AvgIpc) is 3.14. The van der Waals surface area contributed by atoms with E-state index in [0.717, 1.165) is 37.4 Å². The number of methoxy groups -OCH3 is 1. The summed E-state index contributed by atoms with van der Waals surface area (Å²) >= 11 is 0. The predicted molar refractivity (Wildman–Crippen MR) is 100 cm³/mol. The Morgan fingerprint density at radius 2 is 2.12 bits per heavy atom. The highest BCUT2D eigenvalue weighted by atomic mass is 16.5. The Balaban J connectivity index is 1.55. The quantitative estimate of drug-likeness (QED) is 0.716. The van der Waals surface area contributed by atoms with Gasteiger partial charge in [-0.3, -0.25) is 0 Å². The summed E-state index contributed by atoms with van der Waals surface area (Å²) in [6, 6.07) is 12.6. The van der Waals surface area contributed by atoms with E-state index in [2.05, 4.69) is 51.0 Å². The van der Waals surface area contributed by atoms with E-state index in [1.54, 1.807) is 7.11 Å². The first-order valence-electron chi connectivity index (χ1n) is 8.96. The van der Waals surface area contributed by atoms with Crippen LogP contribution in [0, 0.1) is 0 Å². The number of piperidine rings is 1. The van der Waals surface area contributed by atoms with E-state index >= 15 is 0 Å². The molecule has 0 saturated carbocycles. The van der Waals surface area contributed by atoms with Crippen LogP contribution in [0.2, 0.25) is 0 Å². The summed E-state index contributed by atoms with van der Waals surface area (Å²) in [6.07, 6.45) is 6.30. The van der Waals surface area contributed by atoms with E-state index in [0.29, 0.717) is 12.5 Å². The predicted octanol–water partition coefficient (Wildman–Crippen LogP) is 3.46. The molecular formula is C20H24N4O. The number of ether oxygens (including phenoxy) is 1. The summed E-state index contributed by atoms with van der Waals surface area (Å²) < 4.78 is 7.45. The number of hydrogen-bond acceptors (Lipinski definition) is 4. The van der Waals surface area contributed by atoms with Gasteiger partial charge < -0.3 is 14.2 Å². The molecule has 0 amide bonds. The second-order valence-electron chi connectivity index (χ2n) is 6.62. The van der Waals surface area contributed by atoms with Crippen LogP contribution in [0.3, 0.4) is 0 Å². The fraction of sp³-hybridized carbons (Fsp3) is 0.400. The van der Waals surface area contributed by atoms with Crippen molar-refractivity contribution in [2.75, 3.05) is 31.7 Å². The van der Waals surface area contributed by atoms with Crippen molar-refractivity contribution in [3.8, 4) is 0 Å². The number of para-hydroxylation sites is 1. The van der Waals surface area contributed by atoms with Gasteiger partial charge in [0, 0.05) is 50.4 Å². The monoisotopic (exact) mass is 336 g/mol. The molecule has 4 rings (SSSR count). The third kappa shape index (κ3) is 3.37. The molecule has 5 heteroatoms. The number of aromatic nitrogens is 3. The van der Waals surface area contributed by atoms with E-state index in [9.17, 15) is 0 Å². The molecule has 1 aliphatic heterocycles. The highest BCUT2D eigenvalue weighted by Crippen LogP contribution is 2.29. The molecule has 0 N–H and O–H groups in total. The van der Waals surface area contributed by atoms with Crippen molar-refractivity contribution in [2.24, 2.45) is 0 Å². The number of nitrogens with zero attached hydrogens (tertiary/aromatic N) is 4. The van der Waals surface area contributed by atoms with Gasteiger partial charge in [-0.2, -0.15) is 0 Å². The fourth-order valence-corrected chi connectivity index (χ4v) is 3.69. The molecule has 1 fully saturated rings. The minimum atomic E-state index is 0.439. The summed E-state index contributed by atoms with van der Waals surface area (Å²) in [5, 5.41) is 1.19. The molecular weight excluding hydrogens is 312 g/mol. The van der Waals surface area contributed by atoms with Crippen molar-refractivity contribution in [3.05, 3.63) is 54.6 Å². The van der Waals surface area contributed by atoms with E-state index in [1.165, 1.54) is 17.6 Å². The SMILES string of the molecule is COCCn1ccnc1[C@@H]1CCCN(c2ccc3ccccc3n2)C1. The molecule has 1 atom stereocenters. The van der Waals surface area contributed by atoms with Gasteiger partial charge in [-0.15, -0.1) is 0 Å². The van der Waals surface area contributed by atoms with Gasteiger partial charge in [0.05, 0.1) is 12.1 Å². The molecule has 0 bridgehead atoms. The molecule has 3 heterocycles. The Morgan fingerprint density at radius 1 is 1.20 bits per heavy atom. The van der Waals surface area contributed by atoms with E-state index in [1.807, 2.05) is 12.3 Å². The lowest BCUT2D eigenvalue weighted by atomic mass is 9.97. The summed E-state index contributed by atoms with van der Waals surface area (Å²) in [5.74, 6) is 2.68. The second-order valence-corrected chi connectivity index (χ2v) is 6.62. The summed E-state index contributed by atoms with van der Waals surface area (Å²) in [7, 11) is 1.74. The number of anilines is 1. The van der Waals surface area contributed by atoms with Gasteiger partial charge in [0.25, 0.3) is 0 Å². The van der Waals surface area contributed by atoms with Gasteiger partial charge in [0.15, 0.2) is 0 Å². The van der Waals surface area contributed by atoms with Crippen LogP contribution in [-0.2, 0) is 11.3 Å². The molecule has 130 valence electrons. The van der Waals surface area contributed by atoms with E-state index < -0.39 is 0 Å². The Bertz CT molecular complexity index is 844. The summed E-state index contributed by atoms with van der Waals surface area (Å²) in [6.45, 7) is 3.60. The maximum absolute atomic E-state index is 5.22. The fourth-order valence-electron chi connectivity index (χ4n) is 3.69. The van der Waals surface area contributed by atoms with E-state index in [4.69, 9.17) is 9.72 Å². The largest absolute Gasteiger partial charge is 0.383 e. The molecule has 3 aromatic rings. The smallest absolute Gasteiger partial charge is 0.129 e. The molecule has 0 unspecified atom stereocenters. The number of fused-ring (bicyclic) bond motifs is 1. The first-order chi connectivity index (χ1) is 12.3. The number of imidazole rings is 1. The topological polar surface area (TPSA) is 43.2 Å². The Hall–Kier alpha value is -2.40. The first kappa shape index (κ1) is 16.1. The Labute approximate surface area is 148 Å². The highest BCUT2D eigenvalue weighted by molar-refractivity contribution is 5.80. The van der Waals surface area contributed by atoms with Gasteiger partial charge in [-0.1, -0.05) is 18.2 Å². The van der Waals surface area contributed by atoms with Crippen LogP contribution in [-0.4, -0.2) is 41.3 Å². The van der Waals surface area contributed by atoms with Gasteiger partial charge >= 0.3 is 0 Å². The Kier molecular flexibility index (Phi) is 4.65. The van der Waals surface area contributed by atoms with Crippen molar-refractivity contribution in [1.29, 1.82) is 0 Å². The molecule has 1 saturated heterocycles. The van der Waals surface area contributed by atoms with Crippen molar-refractivity contribution in [3.63, 3.8) is 0 Å². The van der Waals surface area contributed by atoms with Gasteiger partial charge in [0.1, 0.15) is 11.6 Å². The number of rotatable bonds is 5. The van der Waals surface area contributed by atoms with Crippen LogP contribution in [0.25, 0.3) is 10.9 Å². The number of benzene rings is 1. The first-order valence-corrected chi connectivity index (χ1v) is 8.96. The van der Waals surface area contributed by atoms with Crippen LogP contribution in [0.5, 0.6) is 0 Å². The zero-order valence-corrected chi connectivity index (χ0v) is 14.6. The summed E-state index contributed by atoms with van der Waals surface area (Å²) in [4.78, 5) is 11.9. The van der Waals surface area contributed by atoms with Crippen molar-refractivity contribution in [1.82, 2.24) is 14.5 Å². The third-order valence-corrected chi connectivity index (χ3v) is 4.98. The van der Waals surface area contributed by atoms with Crippen LogP contribution in [0.4, 0.5) is 5.82 Å². The lowest BCUT2D eigenvalue weighted by Gasteiger charge is -2.33. The average molecular weight is 336 g/mol. The lowest BCUT2D eigenvalue weighted by Crippen LogP contribution is -2.36. The van der Waals surface area contributed by atoms with Crippen LogP contribution >= 0.6 is 0 Å². The molecule has 0 spiro atoms. The van der Waals surface area contributed by atoms with Gasteiger partial charge in [-0.05, 0) is 31.0 Å². The van der Waals surface area contributed by atoms with Crippen molar-refractivity contribution in [2.45, 2.75) is 25.3 Å². The lowest BCUT2D eigenvalue weighted by molar-refractivity contribution is 0.185. The Morgan fingerprint density at radius 3 is 3.04 bits per heavy atom. The van der Waals surface area contributed by atoms with Crippen LogP contribution in [0.1, 0.15) is 24.6 Å². The minimum absolute atomic E-state index is 0.439. The van der Waals surface area contributed by atoms with E-state index in [-0.39, 0.29) is 0 Å². The van der Waals surface area contributed by atoms with Crippen LogP contribution in [0.15, 0.2) is 48.8 Å². The molecule has 0 radical (unpaired) electrons. The maximum Gasteiger partial charge on any atom is 0.129 e. The minimum Gasteiger partial charge on any atom is -0.383 e. The molecule has 5 nitrogen and oxygen atoms in total. The highest BCUT2D eigenvalue weighted by Gasteiger charge is 2.25. The molecule has 25 heavy (non-hydrogen) atoms. The normalized spacial score (nSPS) is 18.0. The number of hydrogen-bond donors (Lipinski definition) is 0. The maximum atomic E-state index is 5.22. The number of pyridine rings is 1. The zero-order chi connectivity index (χ0) is 17.1. The van der Waals surface area contributed by atoms with Gasteiger partial charge in [0.2, 0.25) is 0 Å². The molecule has 2 aromatic heterocycles. The van der Waals surface area contributed by atoms with Crippen LogP contribution < -0.4 is 4.90 Å². The molecule has 1 aromatic carbocycles. The van der Waals surface area contributed by atoms with Crippen molar-refractivity contribution < 1.29 is 4.74 Å². The standard InChI is InChI=1S/C20H24N4O/c1-25-14-13-23-12-10-21-20(23)17-6-4-11-24(15-17)19-9-8-16-5-2-3-7-18(16)22-19/h2-3,5,7-10,12,17H,4,6,11,13-15H2,1H3/t17-/m1/s1. The van der Waals surface area contributed by atoms with Crippen molar-refractivity contribution >= 4 is 16.7 Å². The molecule has 0 aliphatic carbocycles. The van der Waals surface area contributed by atoms with Gasteiger partial charge in [-0.25, -0.2) is 9.97 Å². The molecule has 1 aliphatic rings. The third-order valence-electron chi connectivity index (χ3n) is 4.98. The zero-order valence-electron chi connectivity index (χ0n) is 14.6. The summed E-state index contributed by atoms with van der Waals surface area (Å²) in [5.41, 5.74) is 1.06. The second kappa shape index (κ2) is 7.23.